The average Bonchev–Trinajstić information content (AvgIpc) is 2.55. The van der Waals surface area contributed by atoms with Gasteiger partial charge in [-0.05, 0) is 25.0 Å². The molecule has 2 N–H and O–H groups in total. The van der Waals surface area contributed by atoms with Gasteiger partial charge in [0, 0.05) is 0 Å². The summed E-state index contributed by atoms with van der Waals surface area (Å²) in [6.45, 7) is 0. The van der Waals surface area contributed by atoms with Crippen LogP contribution in [0, 0.1) is 11.3 Å². The summed E-state index contributed by atoms with van der Waals surface area (Å²) < 4.78 is 0. The monoisotopic (exact) mass is 264 g/mol. The zero-order valence-electron chi connectivity index (χ0n) is 10.2. The third kappa shape index (κ3) is 2.95. The minimum absolute atomic E-state index is 0.0121. The van der Waals surface area contributed by atoms with E-state index < -0.39 is 0 Å². The number of aliphatic hydroxyl groups is 1. The first-order valence-corrected chi connectivity index (χ1v) is 6.73. The van der Waals surface area contributed by atoms with Crippen molar-refractivity contribution in [1.29, 1.82) is 5.26 Å². The molecular weight excluding hydrogens is 248 g/mol. The molecule has 0 aliphatic heterocycles. The number of aliphatic hydroxyl groups excluding tert-OH is 1. The maximum Gasteiger partial charge on any atom is 0.103 e. The van der Waals surface area contributed by atoms with Crippen molar-refractivity contribution >= 4 is 17.3 Å². The molecule has 1 aromatic rings. The molecule has 4 heteroatoms. The van der Waals surface area contributed by atoms with Gasteiger partial charge in [-0.25, -0.2) is 0 Å². The third-order valence-electron chi connectivity index (χ3n) is 3.45. The number of nitrogens with one attached hydrogen (secondary N) is 1. The molecule has 0 heterocycles. The topological polar surface area (TPSA) is 56.0 Å². The van der Waals surface area contributed by atoms with Gasteiger partial charge in [0.1, 0.15) is 6.07 Å². The molecule has 3 nitrogen and oxygen atoms in total. The Bertz CT molecular complexity index is 456. The second-order valence-corrected chi connectivity index (χ2v) is 5.14. The van der Waals surface area contributed by atoms with E-state index >= 15 is 0 Å². The van der Waals surface area contributed by atoms with Crippen LogP contribution in [-0.2, 0) is 0 Å². The lowest BCUT2D eigenvalue weighted by Gasteiger charge is -2.23. The van der Waals surface area contributed by atoms with Crippen molar-refractivity contribution in [3.8, 4) is 6.07 Å². The van der Waals surface area contributed by atoms with E-state index in [-0.39, 0.29) is 12.1 Å². The van der Waals surface area contributed by atoms with Gasteiger partial charge < -0.3 is 10.4 Å². The number of halogens is 1. The van der Waals surface area contributed by atoms with E-state index in [1.807, 2.05) is 12.1 Å². The SMILES string of the molecule is N#Cc1c(Cl)cccc1NC1CCCCCC1O. The van der Waals surface area contributed by atoms with Crippen LogP contribution >= 0.6 is 11.6 Å². The van der Waals surface area contributed by atoms with Crippen LogP contribution in [0.1, 0.15) is 37.7 Å². The fraction of sp³-hybridized carbons (Fsp3) is 0.500. The second kappa shape index (κ2) is 6.08. The molecule has 0 aromatic heterocycles. The summed E-state index contributed by atoms with van der Waals surface area (Å²) in [6.07, 6.45) is 4.74. The number of nitriles is 1. The molecule has 1 saturated carbocycles. The number of nitrogens with zero attached hydrogens (tertiary/aromatic N) is 1. The lowest BCUT2D eigenvalue weighted by molar-refractivity contribution is 0.144. The molecule has 0 radical (unpaired) electrons. The van der Waals surface area contributed by atoms with Crippen LogP contribution in [0.15, 0.2) is 18.2 Å². The van der Waals surface area contributed by atoms with E-state index in [0.29, 0.717) is 10.6 Å². The van der Waals surface area contributed by atoms with E-state index in [1.54, 1.807) is 6.07 Å². The fourth-order valence-corrected chi connectivity index (χ4v) is 2.63. The molecule has 1 aliphatic carbocycles. The van der Waals surface area contributed by atoms with Crippen molar-refractivity contribution < 1.29 is 5.11 Å². The normalized spacial score (nSPS) is 24.1. The van der Waals surface area contributed by atoms with Gasteiger partial charge in [0.05, 0.1) is 28.4 Å². The van der Waals surface area contributed by atoms with Crippen molar-refractivity contribution in [3.05, 3.63) is 28.8 Å². The molecule has 0 saturated heterocycles. The summed E-state index contributed by atoms with van der Waals surface area (Å²) in [6, 6.07) is 7.47. The van der Waals surface area contributed by atoms with Gasteiger partial charge >= 0.3 is 0 Å². The van der Waals surface area contributed by atoms with Crippen LogP contribution in [-0.4, -0.2) is 17.3 Å². The number of hydrogen-bond donors (Lipinski definition) is 2. The Morgan fingerprint density at radius 3 is 2.83 bits per heavy atom. The first kappa shape index (κ1) is 13.2. The van der Waals surface area contributed by atoms with Crippen LogP contribution in [0.25, 0.3) is 0 Å². The van der Waals surface area contributed by atoms with Crippen LogP contribution in [0.3, 0.4) is 0 Å². The van der Waals surface area contributed by atoms with Crippen LogP contribution in [0.5, 0.6) is 0 Å². The Kier molecular flexibility index (Phi) is 4.46. The Balaban J connectivity index is 2.18. The molecule has 0 spiro atoms. The molecule has 18 heavy (non-hydrogen) atoms. The molecule has 96 valence electrons. The van der Waals surface area contributed by atoms with Gasteiger partial charge in [0.2, 0.25) is 0 Å². The van der Waals surface area contributed by atoms with E-state index in [9.17, 15) is 5.11 Å². The van der Waals surface area contributed by atoms with E-state index in [2.05, 4.69) is 11.4 Å². The zero-order valence-corrected chi connectivity index (χ0v) is 11.0. The highest BCUT2D eigenvalue weighted by Crippen LogP contribution is 2.27. The standard InChI is InChI=1S/C14H17ClN2O/c15-11-5-4-7-12(10(11)9-16)17-13-6-2-1-3-8-14(13)18/h4-5,7,13-14,17-18H,1-3,6,8H2. The number of benzene rings is 1. The van der Waals surface area contributed by atoms with Crippen molar-refractivity contribution in [2.45, 2.75) is 44.2 Å². The predicted octanol–water partition coefficient (Wildman–Crippen LogP) is 3.32. The highest BCUT2D eigenvalue weighted by atomic mass is 35.5. The zero-order chi connectivity index (χ0) is 13.0. The van der Waals surface area contributed by atoms with Crippen LogP contribution in [0.4, 0.5) is 5.69 Å². The molecule has 0 amide bonds. The van der Waals surface area contributed by atoms with Crippen LogP contribution in [0.2, 0.25) is 5.02 Å². The average molecular weight is 265 g/mol. The summed E-state index contributed by atoms with van der Waals surface area (Å²) in [4.78, 5) is 0. The molecule has 1 fully saturated rings. The summed E-state index contributed by atoms with van der Waals surface area (Å²) in [7, 11) is 0. The largest absolute Gasteiger partial charge is 0.391 e. The van der Waals surface area contributed by atoms with Gasteiger partial charge in [-0.1, -0.05) is 36.9 Å². The number of anilines is 1. The number of rotatable bonds is 2. The first-order valence-electron chi connectivity index (χ1n) is 6.35. The lowest BCUT2D eigenvalue weighted by atomic mass is 10.0. The quantitative estimate of drug-likeness (QED) is 0.806. The van der Waals surface area contributed by atoms with Gasteiger partial charge in [-0.2, -0.15) is 5.26 Å². The molecular formula is C14H17ClN2O. The molecule has 2 unspecified atom stereocenters. The van der Waals surface area contributed by atoms with Crippen LogP contribution < -0.4 is 5.32 Å². The lowest BCUT2D eigenvalue weighted by Crippen LogP contribution is -2.32. The van der Waals surface area contributed by atoms with Gasteiger partial charge in [-0.15, -0.1) is 0 Å². The summed E-state index contributed by atoms with van der Waals surface area (Å²) >= 11 is 5.99. The van der Waals surface area contributed by atoms with Crippen molar-refractivity contribution in [2.75, 3.05) is 5.32 Å². The summed E-state index contributed by atoms with van der Waals surface area (Å²) in [5.41, 5.74) is 1.17. The predicted molar refractivity (Wildman–Crippen MR) is 72.7 cm³/mol. The summed E-state index contributed by atoms with van der Waals surface area (Å²) in [5.74, 6) is 0. The third-order valence-corrected chi connectivity index (χ3v) is 3.76. The Labute approximate surface area is 112 Å². The smallest absolute Gasteiger partial charge is 0.103 e. The second-order valence-electron chi connectivity index (χ2n) is 4.73. The fourth-order valence-electron chi connectivity index (χ4n) is 2.41. The minimum atomic E-state index is -0.349. The van der Waals surface area contributed by atoms with E-state index in [0.717, 1.165) is 37.8 Å². The highest BCUT2D eigenvalue weighted by molar-refractivity contribution is 6.32. The molecule has 0 bridgehead atoms. The van der Waals surface area contributed by atoms with Gasteiger partial charge in [0.25, 0.3) is 0 Å². The molecule has 2 rings (SSSR count). The van der Waals surface area contributed by atoms with Crippen molar-refractivity contribution in [3.63, 3.8) is 0 Å². The highest BCUT2D eigenvalue weighted by Gasteiger charge is 2.22. The Morgan fingerprint density at radius 2 is 2.06 bits per heavy atom. The van der Waals surface area contributed by atoms with Crippen molar-refractivity contribution in [2.24, 2.45) is 0 Å². The first-order chi connectivity index (χ1) is 8.72. The van der Waals surface area contributed by atoms with E-state index in [1.165, 1.54) is 0 Å². The molecule has 1 aliphatic rings. The van der Waals surface area contributed by atoms with E-state index in [4.69, 9.17) is 16.9 Å². The molecule has 2 atom stereocenters. The maximum absolute atomic E-state index is 10.1. The van der Waals surface area contributed by atoms with Crippen molar-refractivity contribution in [1.82, 2.24) is 0 Å². The Morgan fingerprint density at radius 1 is 1.28 bits per heavy atom. The van der Waals surface area contributed by atoms with Gasteiger partial charge in [0.15, 0.2) is 0 Å². The Hall–Kier alpha value is -1.24. The maximum atomic E-state index is 10.1. The number of hydrogen-bond acceptors (Lipinski definition) is 3. The van der Waals surface area contributed by atoms with Gasteiger partial charge in [-0.3, -0.25) is 0 Å². The summed E-state index contributed by atoms with van der Waals surface area (Å²) in [5, 5.41) is 22.9. The minimum Gasteiger partial charge on any atom is -0.391 e. The molecule has 1 aromatic carbocycles.